The normalized spacial score (nSPS) is 15.4. The number of hydrogen-bond acceptors (Lipinski definition) is 1. The Morgan fingerprint density at radius 1 is 0.611 bits per heavy atom. The summed E-state index contributed by atoms with van der Waals surface area (Å²) in [5.74, 6) is 1.92. The van der Waals surface area contributed by atoms with E-state index in [1.54, 1.807) is 22.3 Å². The van der Waals surface area contributed by atoms with E-state index in [2.05, 4.69) is 192 Å². The zero-order chi connectivity index (χ0) is 41.4. The van der Waals surface area contributed by atoms with Crippen molar-refractivity contribution in [3.05, 3.63) is 106 Å². The van der Waals surface area contributed by atoms with Crippen LogP contribution in [0.5, 0.6) is 0 Å². The van der Waals surface area contributed by atoms with Crippen molar-refractivity contribution in [1.29, 1.82) is 0 Å². The Balaban J connectivity index is 0.000000693. The number of anilines is 1. The van der Waals surface area contributed by atoms with Gasteiger partial charge < -0.3 is 11.1 Å². The van der Waals surface area contributed by atoms with Crippen LogP contribution >= 0.6 is 42.9 Å². The van der Waals surface area contributed by atoms with E-state index in [0.29, 0.717) is 34.9 Å². The molecule has 0 heterocycles. The van der Waals surface area contributed by atoms with Crippen LogP contribution in [0.15, 0.2) is 77.8 Å². The first-order chi connectivity index (χ1) is 24.3. The smallest absolute Gasteiger partial charge is 0.698 e. The summed E-state index contributed by atoms with van der Waals surface area (Å²) in [6, 6.07) is 8.53. The largest absolute Gasteiger partial charge is 1.00 e. The topological polar surface area (TPSA) is 35.8 Å². The molecule has 0 bridgehead atoms. The van der Waals surface area contributed by atoms with Crippen molar-refractivity contribution in [3.8, 4) is 0 Å². The minimum atomic E-state index is -1.58. The van der Waals surface area contributed by atoms with Crippen molar-refractivity contribution < 1.29 is 18.9 Å². The number of rotatable bonds is 7. The second kappa shape index (κ2) is 23.0. The van der Waals surface area contributed by atoms with Crippen molar-refractivity contribution >= 4 is 71.2 Å². The minimum Gasteiger partial charge on any atom is -0.698 e. The van der Waals surface area contributed by atoms with Gasteiger partial charge in [-0.2, -0.15) is 11.1 Å². The van der Waals surface area contributed by atoms with Crippen LogP contribution in [0, 0.1) is 0 Å². The maximum absolute atomic E-state index is 8.08. The van der Waals surface area contributed by atoms with Gasteiger partial charge in [0.15, 0.2) is 7.38 Å². The van der Waals surface area contributed by atoms with Gasteiger partial charge in [0.25, 0.3) is 0 Å². The van der Waals surface area contributed by atoms with Crippen molar-refractivity contribution in [2.45, 2.75) is 165 Å². The van der Waals surface area contributed by atoms with Crippen LogP contribution in [0.25, 0.3) is 5.73 Å². The number of benzene rings is 2. The fourth-order valence-corrected chi connectivity index (χ4v) is 14.1. The van der Waals surface area contributed by atoms with Gasteiger partial charge in [0.05, 0.1) is 0 Å². The van der Waals surface area contributed by atoms with Crippen LogP contribution in [0.3, 0.4) is 0 Å². The summed E-state index contributed by atoms with van der Waals surface area (Å²) >= 11 is 13.6. The average molecular weight is 913 g/mol. The summed E-state index contributed by atoms with van der Waals surface area (Å²) in [6.07, 6.45) is 0. The monoisotopic (exact) mass is 910 g/mol. The zero-order valence-electron chi connectivity index (χ0n) is 38.1. The number of nitrogens with one attached hydrogen (secondary N) is 2. The molecule has 2 aliphatic rings. The van der Waals surface area contributed by atoms with Gasteiger partial charge in [-0.05, 0) is 142 Å². The van der Waals surface area contributed by atoms with Gasteiger partial charge in [-0.1, -0.05) is 140 Å². The fourth-order valence-electron chi connectivity index (χ4n) is 7.84. The molecule has 4 rings (SSSR count). The quantitative estimate of drug-likeness (QED) is 0.218. The Bertz CT molecular complexity index is 1610. The predicted octanol–water partition coefficient (Wildman–Crippen LogP) is 14.3. The fraction of sp³-hybridized carbons (Fsp3) is 0.565. The Kier molecular flexibility index (Phi) is 22.7. The third kappa shape index (κ3) is 13.7. The third-order valence-corrected chi connectivity index (χ3v) is 17.4. The molecule has 0 saturated heterocycles. The first-order valence-corrected chi connectivity index (χ1v) is 27.6. The third-order valence-electron chi connectivity index (χ3n) is 11.6. The van der Waals surface area contributed by atoms with Crippen molar-refractivity contribution in [3.63, 3.8) is 0 Å². The molecule has 8 heteroatoms. The van der Waals surface area contributed by atoms with Crippen LogP contribution in [-0.4, -0.2) is 24.0 Å². The maximum atomic E-state index is 8.08. The summed E-state index contributed by atoms with van der Waals surface area (Å²) in [4.78, 5) is 0. The Morgan fingerprint density at radius 2 is 0.889 bits per heavy atom. The van der Waals surface area contributed by atoms with Gasteiger partial charge in [0.2, 0.25) is 0 Å². The van der Waals surface area contributed by atoms with Crippen LogP contribution < -0.4 is 24.2 Å². The molecule has 0 aliphatic heterocycles. The van der Waals surface area contributed by atoms with Gasteiger partial charge in [0, 0.05) is 36.7 Å². The number of allylic oxidation sites excluding steroid dienone is 8. The van der Waals surface area contributed by atoms with E-state index in [-0.39, 0.29) is 28.4 Å². The molecule has 2 aromatic rings. The van der Waals surface area contributed by atoms with Crippen LogP contribution in [0.2, 0.25) is 30.7 Å². The molecule has 0 spiro atoms. The Morgan fingerprint density at radius 3 is 1.09 bits per heavy atom. The summed E-state index contributed by atoms with van der Waals surface area (Å²) in [6.45, 7) is 42.3. The molecule has 2 nitrogen and oxygen atoms in total. The molecule has 0 aromatic heterocycles. The van der Waals surface area contributed by atoms with Crippen molar-refractivity contribution in [2.75, 3.05) is 12.4 Å². The Labute approximate surface area is 370 Å². The summed E-state index contributed by atoms with van der Waals surface area (Å²) < 4.78 is 2.26. The average Bonchev–Trinajstić information content (AvgIpc) is 3.38. The van der Waals surface area contributed by atoms with E-state index in [9.17, 15) is 0 Å². The van der Waals surface area contributed by atoms with E-state index in [0.717, 1.165) is 21.1 Å². The van der Waals surface area contributed by atoms with Crippen LogP contribution in [-0.2, 0) is 0 Å². The summed E-state index contributed by atoms with van der Waals surface area (Å²) in [7, 11) is 0.540. The molecule has 54 heavy (non-hydrogen) atoms. The first kappa shape index (κ1) is 53.3. The summed E-state index contributed by atoms with van der Waals surface area (Å²) in [5, 5.41) is 3.33. The first-order valence-electron chi connectivity index (χ1n) is 19.7. The molecule has 0 saturated carbocycles. The molecular formula is C46H74Br2ClLiN2Si2. The molecule has 0 fully saturated rings. The second-order valence-electron chi connectivity index (χ2n) is 17.0. The SMILES string of the molecule is CC(C)c1cc(Br)cc(C(C)C)c1[NH-].CC1=C(C)C([Si](C)(C)Cl)C(C)=C1C.CNc1c(C(C)C)cc(Br)cc1C(C)C.C[SiH2]C1C(C)=C(C)C(C)=C1C.[Li+]. The molecule has 0 atom stereocenters. The van der Waals surface area contributed by atoms with Crippen LogP contribution in [0.4, 0.5) is 11.4 Å². The number of hydrogen-bond donors (Lipinski definition) is 1. The van der Waals surface area contributed by atoms with E-state index in [1.807, 2.05) is 7.05 Å². The van der Waals surface area contributed by atoms with Crippen LogP contribution in [0.1, 0.15) is 157 Å². The maximum Gasteiger partial charge on any atom is 1.00 e. The van der Waals surface area contributed by atoms with Gasteiger partial charge in [-0.25, -0.2) is 0 Å². The van der Waals surface area contributed by atoms with Gasteiger partial charge in [0.1, 0.15) is 0 Å². The molecular weight excluding hydrogens is 839 g/mol. The molecule has 2 aliphatic carbocycles. The number of halogens is 3. The molecule has 2 aromatic carbocycles. The Hall–Kier alpha value is -0.719. The zero-order valence-corrected chi connectivity index (χ0v) is 44.5. The van der Waals surface area contributed by atoms with E-state index in [1.165, 1.54) is 43.6 Å². The molecule has 0 unspecified atom stereocenters. The van der Waals surface area contributed by atoms with E-state index in [4.69, 9.17) is 16.8 Å². The predicted molar refractivity (Wildman–Crippen MR) is 257 cm³/mol. The van der Waals surface area contributed by atoms with Crippen molar-refractivity contribution in [2.24, 2.45) is 0 Å². The summed E-state index contributed by atoms with van der Waals surface area (Å²) in [5.41, 5.74) is 28.9. The van der Waals surface area contributed by atoms with Crippen molar-refractivity contribution in [1.82, 2.24) is 0 Å². The standard InChI is InChI=1S/C13H20BrN.C12H17BrN.C11H19ClSi.C10H18Si.Li/c1-8(2)11-6-10(14)7-12(9(3)4)13(11)15-5;1-7(2)10-5-9(13)6-11(8(3)4)12(10)14;1-7-8(2)10(4)11(9(7)3)13(5,6)12;1-6-7(2)9(4)10(11-5)8(6)3;/h6-9,15H,1-5H3;5-8,14H,1-4H3;11H,1-6H3;10H,11H2,1-5H3;/q;-1;;;+1. The molecule has 0 amide bonds. The van der Waals surface area contributed by atoms with E-state index < -0.39 is 7.38 Å². The van der Waals surface area contributed by atoms with Gasteiger partial charge in [-0.15, -0.1) is 5.69 Å². The molecule has 2 N–H and O–H groups in total. The second-order valence-corrected chi connectivity index (χ2v) is 27.1. The van der Waals surface area contributed by atoms with Gasteiger partial charge >= 0.3 is 18.9 Å². The van der Waals surface area contributed by atoms with Gasteiger partial charge in [-0.3, -0.25) is 0 Å². The molecule has 0 radical (unpaired) electrons. The van der Waals surface area contributed by atoms with E-state index >= 15 is 0 Å². The minimum absolute atomic E-state index is 0. The molecule has 298 valence electrons.